The molecule has 1 heterocycles. The van der Waals surface area contributed by atoms with Gasteiger partial charge in [-0.05, 0) is 40.6 Å². The van der Waals surface area contributed by atoms with Gasteiger partial charge in [0.25, 0.3) is 0 Å². The van der Waals surface area contributed by atoms with Crippen LogP contribution in [0.4, 0.5) is 0 Å². The third kappa shape index (κ3) is 2.60. The maximum absolute atomic E-state index is 3.54. The van der Waals surface area contributed by atoms with E-state index in [1.807, 2.05) is 0 Å². The molecule has 0 aliphatic rings. The molecule has 0 bridgehead atoms. The second-order valence-electron chi connectivity index (χ2n) is 4.05. The lowest BCUT2D eigenvalue weighted by atomic mass is 9.88. The molecule has 0 radical (unpaired) electrons. The van der Waals surface area contributed by atoms with E-state index in [9.17, 15) is 0 Å². The van der Waals surface area contributed by atoms with Crippen LogP contribution < -0.4 is 0 Å². The normalized spacial score (nSPS) is 12.0. The lowest BCUT2D eigenvalue weighted by Crippen LogP contribution is -2.16. The molecule has 1 aromatic rings. The zero-order chi connectivity index (χ0) is 9.19. The fraction of sp³-hybridized carbons (Fsp3) is 0.600. The van der Waals surface area contributed by atoms with Crippen LogP contribution in [0.1, 0.15) is 25.0 Å². The summed E-state index contributed by atoms with van der Waals surface area (Å²) >= 11 is 5.35. The average Bonchev–Trinajstić information content (AvgIpc) is 2.36. The predicted molar refractivity (Wildman–Crippen MR) is 60.3 cm³/mol. The molecule has 0 N–H and O–H groups in total. The quantitative estimate of drug-likeness (QED) is 0.707. The molecule has 0 amide bonds. The molecular weight excluding hydrogens is 232 g/mol. The molecule has 0 saturated carbocycles. The van der Waals surface area contributed by atoms with E-state index in [0.29, 0.717) is 5.41 Å². The average molecular weight is 247 g/mol. The fourth-order valence-electron chi connectivity index (χ4n) is 1.13. The Labute approximate surface area is 87.1 Å². The highest BCUT2D eigenvalue weighted by Gasteiger charge is 2.17. The van der Waals surface area contributed by atoms with Crippen molar-refractivity contribution in [1.29, 1.82) is 0 Å². The van der Waals surface area contributed by atoms with Crippen LogP contribution in [0.25, 0.3) is 0 Å². The molecule has 0 fully saturated rings. The Morgan fingerprint density at radius 1 is 1.42 bits per heavy atom. The standard InChI is InChI=1S/C10H15BrS/c1-8-5-12-6-9(8)4-10(2,3)7-11/h5-6H,4,7H2,1-3H3. The van der Waals surface area contributed by atoms with Crippen LogP contribution in [0, 0.1) is 12.3 Å². The minimum atomic E-state index is 0.381. The van der Waals surface area contributed by atoms with E-state index < -0.39 is 0 Å². The molecule has 2 heteroatoms. The summed E-state index contributed by atoms with van der Waals surface area (Å²) in [6.07, 6.45) is 1.17. The molecule has 0 spiro atoms. The first-order valence-electron chi connectivity index (χ1n) is 4.13. The van der Waals surface area contributed by atoms with Gasteiger partial charge in [0.1, 0.15) is 0 Å². The van der Waals surface area contributed by atoms with E-state index in [1.165, 1.54) is 17.5 Å². The van der Waals surface area contributed by atoms with Crippen molar-refractivity contribution >= 4 is 27.3 Å². The summed E-state index contributed by atoms with van der Waals surface area (Å²) in [6, 6.07) is 0. The molecule has 0 aliphatic heterocycles. The van der Waals surface area contributed by atoms with Crippen LogP contribution >= 0.6 is 27.3 Å². The Bertz CT molecular complexity index is 250. The Morgan fingerprint density at radius 3 is 2.50 bits per heavy atom. The summed E-state index contributed by atoms with van der Waals surface area (Å²) < 4.78 is 0. The number of rotatable bonds is 3. The van der Waals surface area contributed by atoms with Gasteiger partial charge in [-0.2, -0.15) is 11.3 Å². The Balaban J connectivity index is 2.70. The molecule has 0 saturated heterocycles. The molecule has 1 rings (SSSR count). The molecule has 0 aromatic carbocycles. The van der Waals surface area contributed by atoms with Crippen LogP contribution in [-0.4, -0.2) is 5.33 Å². The van der Waals surface area contributed by atoms with Crippen LogP contribution in [0.5, 0.6) is 0 Å². The Morgan fingerprint density at radius 2 is 2.08 bits per heavy atom. The maximum Gasteiger partial charge on any atom is 0.00858 e. The van der Waals surface area contributed by atoms with Crippen molar-refractivity contribution in [2.24, 2.45) is 5.41 Å². The van der Waals surface area contributed by atoms with E-state index >= 15 is 0 Å². The first kappa shape index (κ1) is 10.3. The van der Waals surface area contributed by atoms with Crippen LogP contribution in [0.15, 0.2) is 10.8 Å². The first-order valence-corrected chi connectivity index (χ1v) is 6.19. The van der Waals surface area contributed by atoms with E-state index in [0.717, 1.165) is 5.33 Å². The molecule has 1 aromatic heterocycles. The molecular formula is C10H15BrS. The number of halogens is 1. The summed E-state index contributed by atoms with van der Waals surface area (Å²) in [5.74, 6) is 0. The third-order valence-corrected chi connectivity index (χ3v) is 4.42. The highest BCUT2D eigenvalue weighted by atomic mass is 79.9. The minimum Gasteiger partial charge on any atom is -0.152 e. The number of hydrogen-bond acceptors (Lipinski definition) is 1. The zero-order valence-electron chi connectivity index (χ0n) is 7.86. The Hall–Kier alpha value is 0.180. The molecule has 68 valence electrons. The molecule has 0 nitrogen and oxygen atoms in total. The summed E-state index contributed by atoms with van der Waals surface area (Å²) in [5, 5.41) is 5.55. The van der Waals surface area contributed by atoms with E-state index in [-0.39, 0.29) is 0 Å². The molecule has 0 aliphatic carbocycles. The number of hydrogen-bond donors (Lipinski definition) is 0. The summed E-state index contributed by atoms with van der Waals surface area (Å²) in [7, 11) is 0. The largest absolute Gasteiger partial charge is 0.152 e. The molecule has 0 unspecified atom stereocenters. The van der Waals surface area contributed by atoms with E-state index in [4.69, 9.17) is 0 Å². The Kier molecular flexibility index (Phi) is 3.36. The summed E-state index contributed by atoms with van der Waals surface area (Å²) in [5.41, 5.74) is 3.32. The SMILES string of the molecule is Cc1cscc1CC(C)(C)CBr. The van der Waals surface area contributed by atoms with Gasteiger partial charge in [-0.25, -0.2) is 0 Å². The van der Waals surface area contributed by atoms with Crippen molar-refractivity contribution in [3.05, 3.63) is 21.9 Å². The number of alkyl halides is 1. The molecule has 0 atom stereocenters. The van der Waals surface area contributed by atoms with Gasteiger partial charge >= 0.3 is 0 Å². The fourth-order valence-corrected chi connectivity index (χ4v) is 2.19. The van der Waals surface area contributed by atoms with Crippen LogP contribution in [0.3, 0.4) is 0 Å². The van der Waals surface area contributed by atoms with Crippen molar-refractivity contribution in [2.45, 2.75) is 27.2 Å². The van der Waals surface area contributed by atoms with Gasteiger partial charge in [-0.15, -0.1) is 0 Å². The van der Waals surface area contributed by atoms with Gasteiger partial charge < -0.3 is 0 Å². The monoisotopic (exact) mass is 246 g/mol. The van der Waals surface area contributed by atoms with E-state index in [2.05, 4.69) is 47.5 Å². The third-order valence-electron chi connectivity index (χ3n) is 1.99. The van der Waals surface area contributed by atoms with Crippen molar-refractivity contribution < 1.29 is 0 Å². The minimum absolute atomic E-state index is 0.381. The summed E-state index contributed by atoms with van der Waals surface area (Å²) in [4.78, 5) is 0. The number of aryl methyl sites for hydroxylation is 1. The predicted octanol–water partition coefficient (Wildman–Crippen LogP) is 4.02. The number of thiophene rings is 1. The first-order chi connectivity index (χ1) is 5.55. The van der Waals surface area contributed by atoms with Gasteiger partial charge in [0, 0.05) is 5.33 Å². The second kappa shape index (κ2) is 3.93. The topological polar surface area (TPSA) is 0 Å². The smallest absolute Gasteiger partial charge is 0.00858 e. The lowest BCUT2D eigenvalue weighted by Gasteiger charge is -2.21. The summed E-state index contributed by atoms with van der Waals surface area (Å²) in [6.45, 7) is 6.77. The van der Waals surface area contributed by atoms with Gasteiger partial charge in [0.05, 0.1) is 0 Å². The van der Waals surface area contributed by atoms with Crippen molar-refractivity contribution in [2.75, 3.05) is 5.33 Å². The maximum atomic E-state index is 3.54. The van der Waals surface area contributed by atoms with Gasteiger partial charge in [-0.1, -0.05) is 29.8 Å². The lowest BCUT2D eigenvalue weighted by molar-refractivity contribution is 0.424. The highest BCUT2D eigenvalue weighted by molar-refractivity contribution is 9.09. The van der Waals surface area contributed by atoms with Gasteiger partial charge in [0.15, 0.2) is 0 Å². The van der Waals surface area contributed by atoms with Crippen LogP contribution in [-0.2, 0) is 6.42 Å². The van der Waals surface area contributed by atoms with Gasteiger partial charge in [0.2, 0.25) is 0 Å². The highest BCUT2D eigenvalue weighted by Crippen LogP contribution is 2.27. The van der Waals surface area contributed by atoms with Crippen molar-refractivity contribution in [3.8, 4) is 0 Å². The van der Waals surface area contributed by atoms with Crippen LogP contribution in [0.2, 0.25) is 0 Å². The van der Waals surface area contributed by atoms with E-state index in [1.54, 1.807) is 11.3 Å². The van der Waals surface area contributed by atoms with Crippen molar-refractivity contribution in [3.63, 3.8) is 0 Å². The van der Waals surface area contributed by atoms with Crippen molar-refractivity contribution in [1.82, 2.24) is 0 Å². The molecule has 12 heavy (non-hydrogen) atoms. The zero-order valence-corrected chi connectivity index (χ0v) is 10.3. The van der Waals surface area contributed by atoms with Gasteiger partial charge in [-0.3, -0.25) is 0 Å². The second-order valence-corrected chi connectivity index (χ2v) is 5.36.